The molecule has 1 aromatic carbocycles. The molecule has 0 spiro atoms. The fraction of sp³-hybridized carbons (Fsp3) is 0.600. The maximum atomic E-state index is 5.60. The van der Waals surface area contributed by atoms with E-state index in [0.29, 0.717) is 12.1 Å². The summed E-state index contributed by atoms with van der Waals surface area (Å²) in [5.74, 6) is 1.00. The van der Waals surface area contributed by atoms with E-state index in [-0.39, 0.29) is 0 Å². The Labute approximate surface area is 115 Å². The second kappa shape index (κ2) is 4.93. The van der Waals surface area contributed by atoms with Gasteiger partial charge in [-0.2, -0.15) is 0 Å². The Kier molecular flexibility index (Phi) is 3.27. The Balaban J connectivity index is 1.94. The first-order valence-electron chi connectivity index (χ1n) is 7.13. The number of hydrogen-bond donors (Lipinski definition) is 2. The van der Waals surface area contributed by atoms with Gasteiger partial charge in [0.2, 0.25) is 0 Å². The van der Waals surface area contributed by atoms with Gasteiger partial charge in [-0.15, -0.1) is 0 Å². The van der Waals surface area contributed by atoms with Crippen molar-refractivity contribution in [1.82, 2.24) is 5.32 Å². The lowest BCUT2D eigenvalue weighted by Gasteiger charge is -2.38. The number of rotatable bonds is 2. The summed E-state index contributed by atoms with van der Waals surface area (Å²) in [7, 11) is 1.77. The zero-order valence-electron chi connectivity index (χ0n) is 12.0. The third-order valence-corrected chi connectivity index (χ3v) is 4.01. The van der Waals surface area contributed by atoms with Crippen LogP contribution in [0.25, 0.3) is 0 Å². The van der Waals surface area contributed by atoms with Crippen LogP contribution in [0.5, 0.6) is 5.75 Å². The standard InChI is InChI=1S/C15H23N3O/c1-10-8-18(9-11(2)17-10)14-7-13-12(4-5-16-13)6-15(14)19-3/h6-7,10-11,16-17H,4-5,8-9H2,1-3H3. The highest BCUT2D eigenvalue weighted by Crippen LogP contribution is 2.37. The minimum atomic E-state index is 0.509. The van der Waals surface area contributed by atoms with Gasteiger partial charge in [-0.1, -0.05) is 0 Å². The van der Waals surface area contributed by atoms with Gasteiger partial charge in [0.1, 0.15) is 5.75 Å². The number of benzene rings is 1. The van der Waals surface area contributed by atoms with Crippen molar-refractivity contribution in [2.45, 2.75) is 32.4 Å². The molecule has 2 heterocycles. The summed E-state index contributed by atoms with van der Waals surface area (Å²) in [5.41, 5.74) is 3.86. The largest absolute Gasteiger partial charge is 0.495 e. The maximum Gasteiger partial charge on any atom is 0.142 e. The molecule has 0 aliphatic carbocycles. The van der Waals surface area contributed by atoms with E-state index in [0.717, 1.165) is 31.8 Å². The molecule has 2 atom stereocenters. The molecule has 4 heteroatoms. The van der Waals surface area contributed by atoms with Gasteiger partial charge in [-0.3, -0.25) is 0 Å². The molecule has 3 rings (SSSR count). The third-order valence-electron chi connectivity index (χ3n) is 4.01. The zero-order valence-corrected chi connectivity index (χ0v) is 12.0. The second-order valence-corrected chi connectivity index (χ2v) is 5.73. The number of hydrogen-bond acceptors (Lipinski definition) is 4. The van der Waals surface area contributed by atoms with Gasteiger partial charge in [0.15, 0.2) is 0 Å². The molecule has 1 saturated heterocycles. The van der Waals surface area contributed by atoms with Crippen molar-refractivity contribution in [2.75, 3.05) is 37.0 Å². The van der Waals surface area contributed by atoms with E-state index >= 15 is 0 Å². The van der Waals surface area contributed by atoms with Crippen molar-refractivity contribution in [3.05, 3.63) is 17.7 Å². The molecule has 1 aromatic rings. The van der Waals surface area contributed by atoms with Crippen LogP contribution in [0.15, 0.2) is 12.1 Å². The first-order valence-corrected chi connectivity index (χ1v) is 7.13. The van der Waals surface area contributed by atoms with Crippen LogP contribution in [0.3, 0.4) is 0 Å². The number of nitrogens with one attached hydrogen (secondary N) is 2. The molecule has 2 N–H and O–H groups in total. The molecule has 1 fully saturated rings. The van der Waals surface area contributed by atoms with E-state index in [1.807, 2.05) is 0 Å². The van der Waals surface area contributed by atoms with Crippen LogP contribution >= 0.6 is 0 Å². The quantitative estimate of drug-likeness (QED) is 0.852. The topological polar surface area (TPSA) is 36.5 Å². The van der Waals surface area contributed by atoms with Crippen LogP contribution in [-0.2, 0) is 6.42 Å². The summed E-state index contributed by atoms with van der Waals surface area (Å²) in [6.45, 7) is 7.57. The van der Waals surface area contributed by atoms with E-state index in [1.54, 1.807) is 7.11 Å². The molecule has 0 saturated carbocycles. The SMILES string of the molecule is COc1cc2c(cc1N1CC(C)NC(C)C1)NCC2. The maximum absolute atomic E-state index is 5.60. The lowest BCUT2D eigenvalue weighted by Crippen LogP contribution is -2.54. The van der Waals surface area contributed by atoms with Crippen molar-refractivity contribution in [3.8, 4) is 5.75 Å². The fourth-order valence-corrected chi connectivity index (χ4v) is 3.25. The zero-order chi connectivity index (χ0) is 13.4. The molecule has 4 nitrogen and oxygen atoms in total. The van der Waals surface area contributed by atoms with Crippen molar-refractivity contribution >= 4 is 11.4 Å². The van der Waals surface area contributed by atoms with Crippen molar-refractivity contribution in [2.24, 2.45) is 0 Å². The number of piperazine rings is 1. The van der Waals surface area contributed by atoms with Crippen molar-refractivity contribution in [1.29, 1.82) is 0 Å². The fourth-order valence-electron chi connectivity index (χ4n) is 3.25. The Bertz CT molecular complexity index is 465. The van der Waals surface area contributed by atoms with Gasteiger partial charge in [-0.25, -0.2) is 0 Å². The summed E-state index contributed by atoms with van der Waals surface area (Å²) in [5, 5.41) is 7.03. The lowest BCUT2D eigenvalue weighted by molar-refractivity contribution is 0.391. The van der Waals surface area contributed by atoms with Crippen LogP contribution in [0.2, 0.25) is 0 Å². The first kappa shape index (κ1) is 12.6. The van der Waals surface area contributed by atoms with Crippen molar-refractivity contribution < 1.29 is 4.74 Å². The Hall–Kier alpha value is -1.42. The summed E-state index contributed by atoms with van der Waals surface area (Å²) < 4.78 is 5.60. The number of fused-ring (bicyclic) bond motifs is 1. The first-order chi connectivity index (χ1) is 9.17. The molecule has 104 valence electrons. The second-order valence-electron chi connectivity index (χ2n) is 5.73. The third kappa shape index (κ3) is 2.37. The molecule has 2 aliphatic heterocycles. The molecule has 2 aliphatic rings. The van der Waals surface area contributed by atoms with E-state index in [1.165, 1.54) is 16.9 Å². The Morgan fingerprint density at radius 3 is 2.63 bits per heavy atom. The number of ether oxygens (including phenoxy) is 1. The monoisotopic (exact) mass is 261 g/mol. The predicted molar refractivity (Wildman–Crippen MR) is 79.5 cm³/mol. The number of nitrogens with zero attached hydrogens (tertiary/aromatic N) is 1. The van der Waals surface area contributed by atoms with E-state index in [4.69, 9.17) is 4.74 Å². The van der Waals surface area contributed by atoms with Gasteiger partial charge in [0, 0.05) is 37.4 Å². The van der Waals surface area contributed by atoms with Crippen LogP contribution < -0.4 is 20.3 Å². The molecular weight excluding hydrogens is 238 g/mol. The summed E-state index contributed by atoms with van der Waals surface area (Å²) in [6, 6.07) is 5.47. The number of anilines is 2. The average Bonchev–Trinajstić information content (AvgIpc) is 2.83. The van der Waals surface area contributed by atoms with Crippen LogP contribution in [0.1, 0.15) is 19.4 Å². The van der Waals surface area contributed by atoms with Gasteiger partial charge in [0.25, 0.3) is 0 Å². The normalized spacial score (nSPS) is 25.9. The molecule has 0 aromatic heterocycles. The van der Waals surface area contributed by atoms with Gasteiger partial charge in [0.05, 0.1) is 12.8 Å². The van der Waals surface area contributed by atoms with Gasteiger partial charge >= 0.3 is 0 Å². The molecule has 0 amide bonds. The van der Waals surface area contributed by atoms with E-state index in [2.05, 4.69) is 41.5 Å². The Morgan fingerprint density at radius 2 is 1.95 bits per heavy atom. The molecule has 0 radical (unpaired) electrons. The summed E-state index contributed by atoms with van der Waals surface area (Å²) in [6.07, 6.45) is 1.10. The number of methoxy groups -OCH3 is 1. The van der Waals surface area contributed by atoms with Gasteiger partial charge < -0.3 is 20.3 Å². The van der Waals surface area contributed by atoms with E-state index < -0.39 is 0 Å². The lowest BCUT2D eigenvalue weighted by atomic mass is 10.1. The molecule has 0 bridgehead atoms. The highest BCUT2D eigenvalue weighted by molar-refractivity contribution is 5.71. The van der Waals surface area contributed by atoms with E-state index in [9.17, 15) is 0 Å². The molecule has 19 heavy (non-hydrogen) atoms. The van der Waals surface area contributed by atoms with Crippen LogP contribution in [-0.4, -0.2) is 38.8 Å². The minimum Gasteiger partial charge on any atom is -0.495 e. The summed E-state index contributed by atoms with van der Waals surface area (Å²) in [4.78, 5) is 2.44. The Morgan fingerprint density at radius 1 is 1.21 bits per heavy atom. The minimum absolute atomic E-state index is 0.509. The smallest absolute Gasteiger partial charge is 0.142 e. The predicted octanol–water partition coefficient (Wildman–Crippen LogP) is 1.85. The highest BCUT2D eigenvalue weighted by atomic mass is 16.5. The van der Waals surface area contributed by atoms with Gasteiger partial charge in [-0.05, 0) is 38.0 Å². The van der Waals surface area contributed by atoms with Crippen LogP contribution in [0.4, 0.5) is 11.4 Å². The van der Waals surface area contributed by atoms with Crippen molar-refractivity contribution in [3.63, 3.8) is 0 Å². The molecule has 2 unspecified atom stereocenters. The van der Waals surface area contributed by atoms with Crippen LogP contribution in [0, 0.1) is 0 Å². The molecular formula is C15H23N3O. The highest BCUT2D eigenvalue weighted by Gasteiger charge is 2.25. The average molecular weight is 261 g/mol. The summed E-state index contributed by atoms with van der Waals surface area (Å²) >= 11 is 0.